The highest BCUT2D eigenvalue weighted by Gasteiger charge is 2.13. The number of hydrogen-bond acceptors (Lipinski definition) is 2. The van der Waals surface area contributed by atoms with Crippen LogP contribution in [0.1, 0.15) is 15.9 Å². The van der Waals surface area contributed by atoms with Crippen LogP contribution in [0.3, 0.4) is 0 Å². The molecule has 0 spiro atoms. The first-order valence-corrected chi connectivity index (χ1v) is 6.26. The summed E-state index contributed by atoms with van der Waals surface area (Å²) in [6.07, 6.45) is 0. The summed E-state index contributed by atoms with van der Waals surface area (Å²) >= 11 is 3.09. The van der Waals surface area contributed by atoms with E-state index >= 15 is 0 Å². The molecule has 1 amide bonds. The zero-order chi connectivity index (χ0) is 14.7. The average Bonchev–Trinajstić information content (AvgIpc) is 2.40. The van der Waals surface area contributed by atoms with Gasteiger partial charge in [-0.1, -0.05) is 15.9 Å². The predicted octanol–water partition coefficient (Wildman–Crippen LogP) is 3.85. The van der Waals surface area contributed by atoms with Crippen LogP contribution in [0, 0.1) is 23.0 Å². The minimum Gasteiger partial charge on any atom is -0.322 e. The number of nitriles is 1. The summed E-state index contributed by atoms with van der Waals surface area (Å²) in [6, 6.07) is 9.22. The first-order valence-electron chi connectivity index (χ1n) is 5.47. The highest BCUT2D eigenvalue weighted by molar-refractivity contribution is 9.10. The maximum atomic E-state index is 13.6. The van der Waals surface area contributed by atoms with Crippen molar-refractivity contribution in [1.29, 1.82) is 5.26 Å². The van der Waals surface area contributed by atoms with Crippen LogP contribution in [0.25, 0.3) is 0 Å². The lowest BCUT2D eigenvalue weighted by atomic mass is 10.1. The van der Waals surface area contributed by atoms with Gasteiger partial charge in [0.15, 0.2) is 0 Å². The largest absolute Gasteiger partial charge is 0.322 e. The number of carbonyl (C=O) groups is 1. The summed E-state index contributed by atoms with van der Waals surface area (Å²) in [4.78, 5) is 11.9. The van der Waals surface area contributed by atoms with E-state index in [9.17, 15) is 13.6 Å². The molecule has 0 heterocycles. The molecule has 0 fully saturated rings. The van der Waals surface area contributed by atoms with E-state index in [1.165, 1.54) is 30.3 Å². The lowest BCUT2D eigenvalue weighted by Gasteiger charge is -2.07. The van der Waals surface area contributed by atoms with E-state index in [0.29, 0.717) is 4.47 Å². The van der Waals surface area contributed by atoms with Crippen LogP contribution in [0.15, 0.2) is 40.9 Å². The number of rotatable bonds is 2. The summed E-state index contributed by atoms with van der Waals surface area (Å²) in [5, 5.41) is 11.1. The van der Waals surface area contributed by atoms with Crippen molar-refractivity contribution in [3.8, 4) is 6.07 Å². The fraction of sp³-hybridized carbons (Fsp3) is 0. The van der Waals surface area contributed by atoms with Crippen LogP contribution in [0.4, 0.5) is 14.5 Å². The van der Waals surface area contributed by atoms with Gasteiger partial charge in [0.05, 0.1) is 11.1 Å². The zero-order valence-corrected chi connectivity index (χ0v) is 11.5. The Morgan fingerprint density at radius 3 is 2.55 bits per heavy atom. The first kappa shape index (κ1) is 14.2. The topological polar surface area (TPSA) is 52.9 Å². The van der Waals surface area contributed by atoms with Crippen molar-refractivity contribution in [3.63, 3.8) is 0 Å². The molecule has 0 aromatic heterocycles. The molecule has 0 radical (unpaired) electrons. The number of anilines is 1. The number of carbonyl (C=O) groups excluding carboxylic acids is 1. The molecule has 0 aliphatic heterocycles. The van der Waals surface area contributed by atoms with E-state index in [1.807, 2.05) is 0 Å². The number of amides is 1. The number of hydrogen-bond donors (Lipinski definition) is 1. The van der Waals surface area contributed by atoms with Gasteiger partial charge in [-0.25, -0.2) is 8.78 Å². The lowest BCUT2D eigenvalue weighted by molar-refractivity contribution is 0.102. The summed E-state index contributed by atoms with van der Waals surface area (Å²) in [5.74, 6) is -2.04. The van der Waals surface area contributed by atoms with Gasteiger partial charge in [-0.05, 0) is 36.4 Å². The van der Waals surface area contributed by atoms with Gasteiger partial charge < -0.3 is 5.32 Å². The highest BCUT2D eigenvalue weighted by atomic mass is 79.9. The number of nitrogens with zero attached hydrogens (tertiary/aromatic N) is 1. The van der Waals surface area contributed by atoms with Crippen LogP contribution >= 0.6 is 15.9 Å². The molecule has 0 atom stereocenters. The molecule has 20 heavy (non-hydrogen) atoms. The molecule has 0 aliphatic carbocycles. The minimum atomic E-state index is -0.681. The average molecular weight is 337 g/mol. The molecule has 0 bridgehead atoms. The van der Waals surface area contributed by atoms with Gasteiger partial charge >= 0.3 is 0 Å². The third kappa shape index (κ3) is 3.00. The second kappa shape index (κ2) is 5.80. The molecule has 0 saturated heterocycles. The highest BCUT2D eigenvalue weighted by Crippen LogP contribution is 2.18. The van der Waals surface area contributed by atoms with Crippen LogP contribution in [0.5, 0.6) is 0 Å². The first-order chi connectivity index (χ1) is 9.51. The van der Waals surface area contributed by atoms with Gasteiger partial charge in [0.2, 0.25) is 0 Å². The Morgan fingerprint density at radius 1 is 1.15 bits per heavy atom. The van der Waals surface area contributed by atoms with E-state index in [-0.39, 0.29) is 16.8 Å². The van der Waals surface area contributed by atoms with Crippen LogP contribution < -0.4 is 5.32 Å². The smallest absolute Gasteiger partial charge is 0.258 e. The molecular weight excluding hydrogens is 330 g/mol. The Bertz CT molecular complexity index is 726. The summed E-state index contributed by atoms with van der Waals surface area (Å²) in [5.41, 5.74) is -0.120. The number of halogens is 3. The molecule has 2 aromatic rings. The van der Waals surface area contributed by atoms with Crippen LogP contribution in [-0.4, -0.2) is 5.91 Å². The van der Waals surface area contributed by atoms with Crippen molar-refractivity contribution >= 4 is 27.5 Å². The van der Waals surface area contributed by atoms with Crippen molar-refractivity contribution in [2.45, 2.75) is 0 Å². The second-order valence-corrected chi connectivity index (χ2v) is 4.80. The van der Waals surface area contributed by atoms with Crippen molar-refractivity contribution in [3.05, 3.63) is 63.6 Å². The lowest BCUT2D eigenvalue weighted by Crippen LogP contribution is -2.14. The standard InChI is InChI=1S/C14H7BrF2N2O/c15-9-1-3-11(13(17)6-9)14(20)19-10-2-4-12(16)8(5-10)7-18/h1-6H,(H,19,20). The molecule has 2 rings (SSSR count). The number of benzene rings is 2. The molecule has 6 heteroatoms. The molecule has 0 unspecified atom stereocenters. The van der Waals surface area contributed by atoms with E-state index in [0.717, 1.165) is 6.07 Å². The molecule has 0 aliphatic rings. The SMILES string of the molecule is N#Cc1cc(NC(=O)c2ccc(Br)cc2F)ccc1F. The molecule has 1 N–H and O–H groups in total. The molecule has 0 saturated carbocycles. The Labute approximate surface area is 122 Å². The van der Waals surface area contributed by atoms with E-state index in [1.54, 1.807) is 6.07 Å². The van der Waals surface area contributed by atoms with Crippen LogP contribution in [0.2, 0.25) is 0 Å². The minimum absolute atomic E-state index is 0.143. The van der Waals surface area contributed by atoms with Crippen LogP contribution in [-0.2, 0) is 0 Å². The normalized spacial score (nSPS) is 9.90. The van der Waals surface area contributed by atoms with Crippen molar-refractivity contribution < 1.29 is 13.6 Å². The summed E-state index contributed by atoms with van der Waals surface area (Å²) in [7, 11) is 0. The predicted molar refractivity (Wildman–Crippen MR) is 73.2 cm³/mol. The summed E-state index contributed by atoms with van der Waals surface area (Å²) in [6.45, 7) is 0. The van der Waals surface area contributed by atoms with Gasteiger partial charge in [-0.15, -0.1) is 0 Å². The molecule has 2 aromatic carbocycles. The van der Waals surface area contributed by atoms with Gasteiger partial charge in [-0.3, -0.25) is 4.79 Å². The monoisotopic (exact) mass is 336 g/mol. The van der Waals surface area contributed by atoms with Gasteiger partial charge in [-0.2, -0.15) is 5.26 Å². The second-order valence-electron chi connectivity index (χ2n) is 3.88. The Hall–Kier alpha value is -2.26. The van der Waals surface area contributed by atoms with E-state index < -0.39 is 17.5 Å². The molecule has 3 nitrogen and oxygen atoms in total. The summed E-state index contributed by atoms with van der Waals surface area (Å²) < 4.78 is 27.3. The third-order valence-electron chi connectivity index (χ3n) is 2.52. The number of nitrogens with one attached hydrogen (secondary N) is 1. The van der Waals surface area contributed by atoms with Gasteiger partial charge in [0.1, 0.15) is 17.7 Å². The molecule has 100 valence electrons. The fourth-order valence-electron chi connectivity index (χ4n) is 1.56. The maximum absolute atomic E-state index is 13.6. The van der Waals surface area contributed by atoms with E-state index in [4.69, 9.17) is 5.26 Å². The van der Waals surface area contributed by atoms with Gasteiger partial charge in [0, 0.05) is 10.2 Å². The van der Waals surface area contributed by atoms with E-state index in [2.05, 4.69) is 21.2 Å². The maximum Gasteiger partial charge on any atom is 0.258 e. The Kier molecular flexibility index (Phi) is 4.11. The fourth-order valence-corrected chi connectivity index (χ4v) is 1.89. The zero-order valence-electron chi connectivity index (χ0n) is 9.95. The quantitative estimate of drug-likeness (QED) is 0.905. The Balaban J connectivity index is 2.26. The van der Waals surface area contributed by atoms with Gasteiger partial charge in [0.25, 0.3) is 5.91 Å². The van der Waals surface area contributed by atoms with Crippen molar-refractivity contribution in [2.24, 2.45) is 0 Å². The third-order valence-corrected chi connectivity index (χ3v) is 3.01. The van der Waals surface area contributed by atoms with Crippen molar-refractivity contribution in [1.82, 2.24) is 0 Å². The Morgan fingerprint density at radius 2 is 1.90 bits per heavy atom. The molecular formula is C14H7BrF2N2O. The van der Waals surface area contributed by atoms with Crippen molar-refractivity contribution in [2.75, 3.05) is 5.32 Å².